The lowest BCUT2D eigenvalue weighted by Gasteiger charge is -2.32. The highest BCUT2D eigenvalue weighted by Crippen LogP contribution is 2.35. The Balaban J connectivity index is 0.741. The smallest absolute Gasteiger partial charge is 0.382 e. The minimum absolute atomic E-state index is 0.0245. The molecule has 348 valence electrons. The molecule has 4 amide bonds. The fourth-order valence-electron chi connectivity index (χ4n) is 9.07. The average molecular weight is 920 g/mol. The molecule has 2 atom stereocenters. The lowest BCUT2D eigenvalue weighted by molar-refractivity contribution is -0.137. The minimum Gasteiger partial charge on any atom is -0.382 e. The van der Waals surface area contributed by atoms with Crippen molar-refractivity contribution in [3.8, 4) is 5.69 Å². The molecule has 3 aromatic carbocycles. The van der Waals surface area contributed by atoms with Crippen LogP contribution in [-0.4, -0.2) is 95.5 Å². The summed E-state index contributed by atoms with van der Waals surface area (Å²) in [5.41, 5.74) is 2.75. The number of ether oxygens (including phenoxy) is 2. The van der Waals surface area contributed by atoms with Crippen molar-refractivity contribution in [2.45, 2.75) is 76.6 Å². The third-order valence-corrected chi connectivity index (χ3v) is 12.7. The second-order valence-electron chi connectivity index (χ2n) is 17.2. The van der Waals surface area contributed by atoms with Crippen LogP contribution in [-0.2, 0) is 52.0 Å². The van der Waals surface area contributed by atoms with Crippen LogP contribution in [0.25, 0.3) is 11.2 Å². The van der Waals surface area contributed by atoms with E-state index in [0.29, 0.717) is 75.1 Å². The van der Waals surface area contributed by atoms with Crippen molar-refractivity contribution < 1.29 is 41.8 Å². The number of hydrogen-bond donors (Lipinski definition) is 2. The number of halogens is 3. The van der Waals surface area contributed by atoms with Gasteiger partial charge in [0.15, 0.2) is 0 Å². The lowest BCUT2D eigenvalue weighted by Crippen LogP contribution is -2.54. The number of nitrogens with zero attached hydrogens (tertiary/aromatic N) is 7. The van der Waals surface area contributed by atoms with Gasteiger partial charge in [0.05, 0.1) is 53.8 Å². The molecule has 3 aliphatic rings. The summed E-state index contributed by atoms with van der Waals surface area (Å²) in [5, 5.41) is 13.5. The number of anilines is 1. The van der Waals surface area contributed by atoms with E-state index in [9.17, 15) is 37.1 Å². The van der Waals surface area contributed by atoms with E-state index in [1.54, 1.807) is 47.3 Å². The molecule has 1 unspecified atom stereocenters. The van der Waals surface area contributed by atoms with Gasteiger partial charge in [0.25, 0.3) is 11.8 Å². The number of amides is 4. The number of hydrogen-bond acceptors (Lipinski definition) is 11. The molecular weight excluding hydrogens is 872 g/mol. The van der Waals surface area contributed by atoms with E-state index >= 15 is 0 Å². The first-order chi connectivity index (χ1) is 32.2. The average Bonchev–Trinajstić information content (AvgIpc) is 3.98. The van der Waals surface area contributed by atoms with Crippen molar-refractivity contribution in [1.29, 1.82) is 0 Å². The molecular formula is C48H48F3N9O7. The van der Waals surface area contributed by atoms with Crippen molar-refractivity contribution in [3.05, 3.63) is 147 Å². The molecule has 19 heteroatoms. The number of aromatic nitrogens is 5. The predicted octanol–water partition coefficient (Wildman–Crippen LogP) is 5.60. The van der Waals surface area contributed by atoms with Crippen molar-refractivity contribution in [1.82, 2.24) is 38.8 Å². The zero-order valence-electron chi connectivity index (χ0n) is 36.8. The van der Waals surface area contributed by atoms with Crippen LogP contribution in [0.1, 0.15) is 92.9 Å². The Labute approximate surface area is 382 Å². The number of carbonyl (C=O) groups is 4. The zero-order chi connectivity index (χ0) is 47.0. The SMILES string of the molecule is C[C@H](c1cccc(-n2cc3c(C(F)(F)F)cc(CN4CCC(OCc5ccc(COCCNc6cccc7c6C(=O)N(C6CCC(=O)NC6=O)C7=O)cc5)CC4)cn3c2=O)c1)c1nncn1C. The Morgan fingerprint density at radius 2 is 1.63 bits per heavy atom. The first-order valence-electron chi connectivity index (χ1n) is 22.1. The van der Waals surface area contributed by atoms with E-state index in [4.69, 9.17) is 9.47 Å². The summed E-state index contributed by atoms with van der Waals surface area (Å²) in [5.74, 6) is -1.71. The van der Waals surface area contributed by atoms with Crippen LogP contribution in [0.15, 0.2) is 96.3 Å². The van der Waals surface area contributed by atoms with Crippen LogP contribution < -0.4 is 16.3 Å². The topological polar surface area (TPSA) is 174 Å². The van der Waals surface area contributed by atoms with Gasteiger partial charge in [-0.3, -0.25) is 43.3 Å². The molecule has 0 bridgehead atoms. The van der Waals surface area contributed by atoms with E-state index in [1.165, 1.54) is 17.0 Å². The van der Waals surface area contributed by atoms with Gasteiger partial charge in [0, 0.05) is 63.6 Å². The highest BCUT2D eigenvalue weighted by molar-refractivity contribution is 6.25. The van der Waals surface area contributed by atoms with E-state index in [1.807, 2.05) is 44.3 Å². The number of carbonyl (C=O) groups excluding carboxylic acids is 4. The Bertz CT molecular complexity index is 2920. The normalized spacial score (nSPS) is 17.6. The summed E-state index contributed by atoms with van der Waals surface area (Å²) in [6.45, 7) is 4.81. The van der Waals surface area contributed by atoms with Gasteiger partial charge < -0.3 is 19.4 Å². The predicted molar refractivity (Wildman–Crippen MR) is 237 cm³/mol. The molecule has 0 saturated carbocycles. The second kappa shape index (κ2) is 18.7. The maximum atomic E-state index is 14.5. The van der Waals surface area contributed by atoms with Crippen molar-refractivity contribution in [2.75, 3.05) is 31.6 Å². The van der Waals surface area contributed by atoms with Gasteiger partial charge in [-0.25, -0.2) is 4.79 Å². The molecule has 3 aliphatic heterocycles. The summed E-state index contributed by atoms with van der Waals surface area (Å²) in [4.78, 5) is 67.3. The molecule has 0 radical (unpaired) electrons. The first-order valence-corrected chi connectivity index (χ1v) is 22.1. The maximum absolute atomic E-state index is 14.5. The van der Waals surface area contributed by atoms with E-state index in [0.717, 1.165) is 32.1 Å². The molecule has 2 N–H and O–H groups in total. The lowest BCUT2D eigenvalue weighted by atomic mass is 10.00. The number of imidazole rings is 1. The number of imide groups is 2. The Morgan fingerprint density at radius 3 is 2.34 bits per heavy atom. The van der Waals surface area contributed by atoms with Gasteiger partial charge in [-0.1, -0.05) is 49.4 Å². The highest BCUT2D eigenvalue weighted by Gasteiger charge is 2.45. The summed E-state index contributed by atoms with van der Waals surface area (Å²) in [6.07, 6.45) is 1.16. The molecule has 3 aromatic heterocycles. The Morgan fingerprint density at radius 1 is 0.881 bits per heavy atom. The molecule has 0 aliphatic carbocycles. The number of alkyl halides is 3. The Kier molecular flexibility index (Phi) is 12.6. The van der Waals surface area contributed by atoms with Crippen molar-refractivity contribution in [2.24, 2.45) is 7.05 Å². The highest BCUT2D eigenvalue weighted by atomic mass is 19.4. The monoisotopic (exact) mass is 919 g/mol. The van der Waals surface area contributed by atoms with E-state index < -0.39 is 47.1 Å². The molecule has 2 saturated heterocycles. The summed E-state index contributed by atoms with van der Waals surface area (Å²) in [7, 11) is 1.83. The maximum Gasteiger partial charge on any atom is 0.418 e. The van der Waals surface area contributed by atoms with E-state index in [-0.39, 0.29) is 48.1 Å². The zero-order valence-corrected chi connectivity index (χ0v) is 36.8. The molecule has 0 spiro atoms. The second-order valence-corrected chi connectivity index (χ2v) is 17.2. The standard InChI is InChI=1S/C48H48F3N9O7/c1-29(43-55-53-28-56(43)2)33-5-3-6-34(22-33)58-25-40-37(48(49,50)51)21-32(24-59(40)47(58)65)23-57-18-15-35(16-19-57)67-27-31-11-9-30(10-12-31)26-66-20-17-52-38-8-4-7-36-42(38)46(64)60(45(36)63)39-13-14-41(61)54-44(39)62/h3-12,21-22,24-25,28-29,35,39,52H,13-20,23,26-27H2,1-2H3,(H,54,61,62)/t29-,39?/m1/s1. The molecule has 16 nitrogen and oxygen atoms in total. The number of pyridine rings is 1. The van der Waals surface area contributed by atoms with Crippen molar-refractivity contribution >= 4 is 34.8 Å². The van der Waals surface area contributed by atoms with Crippen LogP contribution in [0.2, 0.25) is 0 Å². The molecule has 6 aromatic rings. The van der Waals surface area contributed by atoms with Gasteiger partial charge in [0.2, 0.25) is 11.8 Å². The molecule has 6 heterocycles. The molecule has 9 rings (SSSR count). The summed E-state index contributed by atoms with van der Waals surface area (Å²) in [6, 6.07) is 20.0. The van der Waals surface area contributed by atoms with Crippen LogP contribution in [0.5, 0.6) is 0 Å². The summed E-state index contributed by atoms with van der Waals surface area (Å²) < 4.78 is 59.8. The molecule has 2 fully saturated rings. The third kappa shape index (κ3) is 9.39. The van der Waals surface area contributed by atoms with Gasteiger partial charge in [-0.15, -0.1) is 10.2 Å². The van der Waals surface area contributed by atoms with Crippen LogP contribution >= 0.6 is 0 Å². The quantitative estimate of drug-likeness (QED) is 0.0970. The number of piperidine rings is 2. The first kappa shape index (κ1) is 45.2. The minimum atomic E-state index is -4.68. The molecule has 67 heavy (non-hydrogen) atoms. The van der Waals surface area contributed by atoms with Crippen LogP contribution in [0.4, 0.5) is 18.9 Å². The number of likely N-dealkylation sites (tertiary alicyclic amines) is 1. The number of aryl methyl sites for hydroxylation is 1. The van der Waals surface area contributed by atoms with Crippen LogP contribution in [0, 0.1) is 0 Å². The van der Waals surface area contributed by atoms with Gasteiger partial charge in [-0.05, 0) is 71.8 Å². The number of fused-ring (bicyclic) bond motifs is 2. The number of rotatable bonds is 15. The van der Waals surface area contributed by atoms with Crippen LogP contribution in [0.3, 0.4) is 0 Å². The fourth-order valence-corrected chi connectivity index (χ4v) is 9.07. The van der Waals surface area contributed by atoms with Crippen molar-refractivity contribution in [3.63, 3.8) is 0 Å². The fraction of sp³-hybridized carbons (Fsp3) is 0.354. The third-order valence-electron chi connectivity index (χ3n) is 12.7. The van der Waals surface area contributed by atoms with Gasteiger partial charge >= 0.3 is 11.9 Å². The number of nitrogens with one attached hydrogen (secondary N) is 2. The number of benzene rings is 3. The van der Waals surface area contributed by atoms with Gasteiger partial charge in [-0.2, -0.15) is 13.2 Å². The van der Waals surface area contributed by atoms with E-state index in [2.05, 4.69) is 25.7 Å². The van der Waals surface area contributed by atoms with Gasteiger partial charge in [0.1, 0.15) is 18.2 Å². The summed E-state index contributed by atoms with van der Waals surface area (Å²) >= 11 is 0. The largest absolute Gasteiger partial charge is 0.418 e. The Hall–Kier alpha value is -6.96.